The predicted molar refractivity (Wildman–Crippen MR) is 189 cm³/mol. The monoisotopic (exact) mass is 574 g/mol. The minimum atomic E-state index is 0.430. The topological polar surface area (TPSA) is 17.8 Å². The lowest BCUT2D eigenvalue weighted by molar-refractivity contribution is 0.794. The smallest absolute Gasteiger partial charge is 0.145 e. The first-order valence-electron chi connectivity index (χ1n) is 15.7. The number of para-hydroxylation sites is 2. The molecule has 7 aromatic rings. The quantitative estimate of drug-likeness (QED) is 0.191. The number of aromatic nitrogens is 2. The molecule has 45 heavy (non-hydrogen) atoms. The number of nitrogens with zero attached hydrogens (tertiary/aromatic N) is 2. The number of fused-ring (bicyclic) bond motifs is 4. The first-order valence-corrected chi connectivity index (χ1v) is 15.7. The van der Waals surface area contributed by atoms with Gasteiger partial charge in [0.15, 0.2) is 0 Å². The minimum absolute atomic E-state index is 0.430. The maximum absolute atomic E-state index is 5.05. The summed E-state index contributed by atoms with van der Waals surface area (Å²) >= 11 is 0. The molecule has 0 amide bonds. The molecule has 0 N–H and O–H groups in total. The van der Waals surface area contributed by atoms with E-state index in [1.165, 1.54) is 49.4 Å². The Bertz CT molecular complexity index is 2320. The molecule has 0 spiro atoms. The molecular formula is C43H30N2. The van der Waals surface area contributed by atoms with Gasteiger partial charge >= 0.3 is 0 Å². The highest BCUT2D eigenvalue weighted by Crippen LogP contribution is 2.45. The zero-order valence-corrected chi connectivity index (χ0v) is 24.8. The molecule has 1 unspecified atom stereocenters. The van der Waals surface area contributed by atoms with Gasteiger partial charge in [0.05, 0.1) is 11.0 Å². The Balaban J connectivity index is 1.23. The molecule has 0 aliphatic heterocycles. The van der Waals surface area contributed by atoms with Gasteiger partial charge in [-0.3, -0.25) is 4.57 Å². The van der Waals surface area contributed by atoms with Crippen molar-refractivity contribution in [3.63, 3.8) is 0 Å². The van der Waals surface area contributed by atoms with E-state index in [-0.39, 0.29) is 0 Å². The average molecular weight is 575 g/mol. The molecule has 2 aliphatic rings. The van der Waals surface area contributed by atoms with Gasteiger partial charge in [0, 0.05) is 17.2 Å². The molecule has 1 heterocycles. The van der Waals surface area contributed by atoms with E-state index in [2.05, 4.69) is 162 Å². The largest absolute Gasteiger partial charge is 0.292 e. The Morgan fingerprint density at radius 1 is 0.556 bits per heavy atom. The molecule has 2 nitrogen and oxygen atoms in total. The molecule has 2 aliphatic carbocycles. The van der Waals surface area contributed by atoms with Crippen LogP contribution in [0, 0.1) is 5.92 Å². The van der Waals surface area contributed by atoms with E-state index in [4.69, 9.17) is 4.98 Å². The lowest BCUT2D eigenvalue weighted by Gasteiger charge is -2.25. The second-order valence-corrected chi connectivity index (χ2v) is 11.9. The van der Waals surface area contributed by atoms with Crippen LogP contribution in [-0.2, 0) is 0 Å². The second kappa shape index (κ2) is 10.5. The van der Waals surface area contributed by atoms with Crippen LogP contribution in [0.15, 0.2) is 169 Å². The first kappa shape index (κ1) is 25.7. The maximum atomic E-state index is 5.05. The van der Waals surface area contributed by atoms with Gasteiger partial charge in [0.1, 0.15) is 5.82 Å². The molecule has 2 heteroatoms. The summed E-state index contributed by atoms with van der Waals surface area (Å²) < 4.78 is 2.28. The van der Waals surface area contributed by atoms with Crippen molar-refractivity contribution in [2.45, 2.75) is 6.42 Å². The molecule has 1 atom stereocenters. The summed E-state index contributed by atoms with van der Waals surface area (Å²) in [5.41, 5.74) is 10.9. The summed E-state index contributed by atoms with van der Waals surface area (Å²) in [7, 11) is 0. The Labute approximate surface area is 262 Å². The van der Waals surface area contributed by atoms with Crippen LogP contribution in [0.4, 0.5) is 0 Å². The van der Waals surface area contributed by atoms with Crippen LogP contribution in [0.3, 0.4) is 0 Å². The summed E-state index contributed by atoms with van der Waals surface area (Å²) in [5, 5.41) is 5.18. The third-order valence-corrected chi connectivity index (χ3v) is 9.35. The molecular weight excluding hydrogens is 544 g/mol. The lowest BCUT2D eigenvalue weighted by atomic mass is 9.79. The van der Waals surface area contributed by atoms with Crippen LogP contribution in [-0.4, -0.2) is 9.55 Å². The van der Waals surface area contributed by atoms with Crippen LogP contribution in [0.1, 0.15) is 12.0 Å². The number of hydrogen-bond acceptors (Lipinski definition) is 1. The summed E-state index contributed by atoms with van der Waals surface area (Å²) in [6.45, 7) is 0. The van der Waals surface area contributed by atoms with Crippen LogP contribution >= 0.6 is 0 Å². The highest BCUT2D eigenvalue weighted by molar-refractivity contribution is 6.19. The minimum Gasteiger partial charge on any atom is -0.292 e. The molecule has 6 aromatic carbocycles. The van der Waals surface area contributed by atoms with Crippen LogP contribution in [0.25, 0.3) is 66.4 Å². The van der Waals surface area contributed by atoms with Gasteiger partial charge in [-0.25, -0.2) is 4.98 Å². The van der Waals surface area contributed by atoms with Crippen molar-refractivity contribution in [1.29, 1.82) is 0 Å². The van der Waals surface area contributed by atoms with Crippen molar-refractivity contribution >= 4 is 38.2 Å². The van der Waals surface area contributed by atoms with Crippen molar-refractivity contribution in [1.82, 2.24) is 9.55 Å². The molecule has 212 valence electrons. The third-order valence-electron chi connectivity index (χ3n) is 9.35. The van der Waals surface area contributed by atoms with Crippen molar-refractivity contribution in [3.8, 4) is 28.2 Å². The van der Waals surface area contributed by atoms with E-state index in [1.54, 1.807) is 0 Å². The predicted octanol–water partition coefficient (Wildman–Crippen LogP) is 11.1. The van der Waals surface area contributed by atoms with Gasteiger partial charge in [-0.15, -0.1) is 0 Å². The summed E-state index contributed by atoms with van der Waals surface area (Å²) in [6, 6.07) is 45.8. The standard InChI is InChI=1S/C43H30N2/c1-2-13-31(14-3-1)43-44-39-20-10-11-21-40(39)45(43)34-26-24-30(25-27-34)41-35-16-6-8-18-37(35)42(38-19-9-7-17-36(38)41)33-23-22-29-12-4-5-15-32(29)28-33/h1-27,32H,28H2. The Kier molecular flexibility index (Phi) is 5.99. The zero-order valence-electron chi connectivity index (χ0n) is 24.8. The number of rotatable bonds is 4. The maximum Gasteiger partial charge on any atom is 0.145 e. The van der Waals surface area contributed by atoms with Crippen molar-refractivity contribution in [2.24, 2.45) is 5.92 Å². The average Bonchev–Trinajstić information content (AvgIpc) is 3.51. The van der Waals surface area contributed by atoms with E-state index >= 15 is 0 Å². The van der Waals surface area contributed by atoms with Gasteiger partial charge in [0.25, 0.3) is 0 Å². The molecule has 1 aromatic heterocycles. The van der Waals surface area contributed by atoms with E-state index in [0.717, 1.165) is 34.5 Å². The number of allylic oxidation sites excluding steroid dienone is 8. The fraction of sp³-hybridized carbons (Fsp3) is 0.0465. The molecule has 9 rings (SSSR count). The molecule has 0 fully saturated rings. The summed E-state index contributed by atoms with van der Waals surface area (Å²) in [4.78, 5) is 5.05. The third kappa shape index (κ3) is 4.22. The van der Waals surface area contributed by atoms with E-state index in [1.807, 2.05) is 6.07 Å². The van der Waals surface area contributed by atoms with Crippen molar-refractivity contribution in [2.75, 3.05) is 0 Å². The lowest BCUT2D eigenvalue weighted by Crippen LogP contribution is -2.07. The highest BCUT2D eigenvalue weighted by Gasteiger charge is 2.23. The molecule has 0 bridgehead atoms. The van der Waals surface area contributed by atoms with E-state index < -0.39 is 0 Å². The highest BCUT2D eigenvalue weighted by atomic mass is 15.1. The zero-order chi connectivity index (χ0) is 29.7. The Morgan fingerprint density at radius 2 is 1.20 bits per heavy atom. The van der Waals surface area contributed by atoms with Gasteiger partial charge in [0.2, 0.25) is 0 Å². The number of hydrogen-bond donors (Lipinski definition) is 0. The summed E-state index contributed by atoms with van der Waals surface area (Å²) in [6.07, 6.45) is 14.6. The Hall–Kier alpha value is -5.73. The molecule has 0 saturated carbocycles. The molecule has 0 saturated heterocycles. The van der Waals surface area contributed by atoms with E-state index in [9.17, 15) is 0 Å². The normalized spacial score (nSPS) is 15.8. The van der Waals surface area contributed by atoms with Gasteiger partial charge < -0.3 is 0 Å². The van der Waals surface area contributed by atoms with Crippen LogP contribution in [0.2, 0.25) is 0 Å². The van der Waals surface area contributed by atoms with E-state index in [0.29, 0.717) is 5.92 Å². The summed E-state index contributed by atoms with van der Waals surface area (Å²) in [5.74, 6) is 1.38. The fourth-order valence-electron chi connectivity index (χ4n) is 7.28. The number of benzene rings is 6. The van der Waals surface area contributed by atoms with Crippen molar-refractivity contribution in [3.05, 3.63) is 175 Å². The number of imidazole rings is 1. The van der Waals surface area contributed by atoms with Gasteiger partial charge in [-0.1, -0.05) is 140 Å². The first-order chi connectivity index (χ1) is 22.3. The van der Waals surface area contributed by atoms with Gasteiger partial charge in [-0.05, 0) is 80.1 Å². The fourth-order valence-corrected chi connectivity index (χ4v) is 7.28. The van der Waals surface area contributed by atoms with Crippen LogP contribution < -0.4 is 0 Å². The SMILES string of the molecule is C1=CC2=CC=C(c3c4ccccc4c(-c4ccc(-n5c(-c6ccccc6)nc6ccccc65)cc4)c4ccccc34)CC2C=C1. The molecule has 0 radical (unpaired) electrons. The van der Waals surface area contributed by atoms with Gasteiger partial charge in [-0.2, -0.15) is 0 Å². The Morgan fingerprint density at radius 3 is 1.93 bits per heavy atom. The van der Waals surface area contributed by atoms with Crippen LogP contribution in [0.5, 0.6) is 0 Å². The van der Waals surface area contributed by atoms with Crippen molar-refractivity contribution < 1.29 is 0 Å². The second-order valence-electron chi connectivity index (χ2n) is 11.9.